The zero-order chi connectivity index (χ0) is 22.8. The van der Waals surface area contributed by atoms with Crippen LogP contribution in [0.2, 0.25) is 0 Å². The second-order valence-corrected chi connectivity index (χ2v) is 7.66. The first-order valence-electron chi connectivity index (χ1n) is 9.52. The number of hydrogen-bond donors (Lipinski definition) is 1. The smallest absolute Gasteiger partial charge is 0.289 e. The van der Waals surface area contributed by atoms with Crippen molar-refractivity contribution < 1.29 is 33.0 Å². The maximum absolute atomic E-state index is 13.7. The quantitative estimate of drug-likeness (QED) is 0.474. The van der Waals surface area contributed by atoms with Crippen molar-refractivity contribution in [2.45, 2.75) is 13.0 Å². The van der Waals surface area contributed by atoms with Gasteiger partial charge < -0.3 is 23.8 Å². The summed E-state index contributed by atoms with van der Waals surface area (Å²) >= 11 is 3.53. The van der Waals surface area contributed by atoms with Crippen molar-refractivity contribution in [2.75, 3.05) is 21.0 Å². The van der Waals surface area contributed by atoms with Crippen LogP contribution < -0.4 is 24.4 Å². The van der Waals surface area contributed by atoms with Crippen LogP contribution >= 0.6 is 15.9 Å². The molecule has 1 amide bonds. The summed E-state index contributed by atoms with van der Waals surface area (Å²) in [7, 11) is 2.97. The lowest BCUT2D eigenvalue weighted by molar-refractivity contribution is -0.115. The van der Waals surface area contributed by atoms with Gasteiger partial charge in [0.1, 0.15) is 5.82 Å². The van der Waals surface area contributed by atoms with Crippen LogP contribution in [-0.4, -0.2) is 38.8 Å². The second-order valence-electron chi connectivity index (χ2n) is 6.87. The van der Waals surface area contributed by atoms with E-state index < -0.39 is 23.7 Å². The van der Waals surface area contributed by atoms with Crippen molar-refractivity contribution in [3.63, 3.8) is 0 Å². The Hall–Kier alpha value is -3.34. The first-order chi connectivity index (χ1) is 15.5. The Labute approximate surface area is 191 Å². The number of amides is 1. The Kier molecular flexibility index (Phi) is 6.17. The van der Waals surface area contributed by atoms with Crippen LogP contribution in [0, 0.1) is 11.7 Å². The summed E-state index contributed by atoms with van der Waals surface area (Å²) in [6.07, 6.45) is 0.535. The molecule has 2 heterocycles. The highest BCUT2D eigenvalue weighted by molar-refractivity contribution is 9.10. The maximum Gasteiger partial charge on any atom is 0.289 e. The third-order valence-corrected chi connectivity index (χ3v) is 5.84. The first kappa shape index (κ1) is 21.9. The van der Waals surface area contributed by atoms with Gasteiger partial charge in [0.25, 0.3) is 5.91 Å². The summed E-state index contributed by atoms with van der Waals surface area (Å²) in [4.78, 5) is 18.2. The maximum atomic E-state index is 13.7. The van der Waals surface area contributed by atoms with Gasteiger partial charge in [0.05, 0.1) is 36.4 Å². The first-order valence-corrected chi connectivity index (χ1v) is 10.3. The highest BCUT2D eigenvalue weighted by atomic mass is 79.9. The predicted molar refractivity (Wildman–Crippen MR) is 116 cm³/mol. The van der Waals surface area contributed by atoms with Crippen molar-refractivity contribution >= 4 is 33.8 Å². The fourth-order valence-electron chi connectivity index (χ4n) is 3.48. The van der Waals surface area contributed by atoms with Crippen LogP contribution in [-0.2, 0) is 9.63 Å². The van der Waals surface area contributed by atoms with E-state index in [2.05, 4.69) is 31.6 Å². The van der Waals surface area contributed by atoms with Crippen LogP contribution in [0.3, 0.4) is 0 Å². The summed E-state index contributed by atoms with van der Waals surface area (Å²) < 4.78 is 36.4. The number of rotatable bonds is 6. The summed E-state index contributed by atoms with van der Waals surface area (Å²) in [5, 5.41) is 7.76. The van der Waals surface area contributed by atoms with Gasteiger partial charge in [-0.05, 0) is 22.0 Å². The number of fused-ring (bicyclic) bond motifs is 1. The highest BCUT2D eigenvalue weighted by Crippen LogP contribution is 2.57. The van der Waals surface area contributed by atoms with Crippen molar-refractivity contribution in [2.24, 2.45) is 16.2 Å². The predicted octanol–water partition coefficient (Wildman–Crippen LogP) is 3.55. The standard InChI is InChI=1S/C21H19BrFN3O6/c1-10-15(21(27)25-24-8-11-6-4-5-7-12(11)23)26-32-16(10)13-14(22)18-20(31-9-30-18)19(29-3)17(13)28-2/h4-8,10,16H,9H2,1-3H3,(H,25,27). The molecule has 0 spiro atoms. The number of ether oxygens (including phenoxy) is 4. The van der Waals surface area contributed by atoms with Gasteiger partial charge in [-0.2, -0.15) is 5.10 Å². The molecule has 0 radical (unpaired) electrons. The van der Waals surface area contributed by atoms with Gasteiger partial charge in [-0.1, -0.05) is 30.3 Å². The highest BCUT2D eigenvalue weighted by Gasteiger charge is 2.42. The van der Waals surface area contributed by atoms with Gasteiger partial charge in [-0.3, -0.25) is 4.79 Å². The number of hydrogen-bond acceptors (Lipinski definition) is 8. The molecule has 2 atom stereocenters. The molecule has 2 unspecified atom stereocenters. The normalized spacial score (nSPS) is 19.0. The molecule has 0 aliphatic carbocycles. The molecule has 9 nitrogen and oxygen atoms in total. The van der Waals surface area contributed by atoms with Crippen molar-refractivity contribution in [1.29, 1.82) is 0 Å². The van der Waals surface area contributed by atoms with Gasteiger partial charge in [-0.15, -0.1) is 0 Å². The number of carbonyl (C=O) groups excluding carboxylic acids is 1. The average Bonchev–Trinajstić information content (AvgIpc) is 3.42. The van der Waals surface area contributed by atoms with Crippen molar-refractivity contribution in [3.8, 4) is 23.0 Å². The average molecular weight is 508 g/mol. The van der Waals surface area contributed by atoms with E-state index in [0.29, 0.717) is 33.0 Å². The molecule has 0 bridgehead atoms. The number of benzene rings is 2. The number of methoxy groups -OCH3 is 2. The number of nitrogens with zero attached hydrogens (tertiary/aromatic N) is 2. The zero-order valence-corrected chi connectivity index (χ0v) is 18.9. The van der Waals surface area contributed by atoms with E-state index in [9.17, 15) is 9.18 Å². The lowest BCUT2D eigenvalue weighted by atomic mass is 9.92. The minimum absolute atomic E-state index is 0.0299. The van der Waals surface area contributed by atoms with E-state index in [0.717, 1.165) is 0 Å². The number of oxime groups is 1. The van der Waals surface area contributed by atoms with Crippen molar-refractivity contribution in [1.82, 2.24) is 5.43 Å². The minimum Gasteiger partial charge on any atom is -0.492 e. The van der Waals surface area contributed by atoms with E-state index in [1.165, 1.54) is 32.6 Å². The molecule has 2 aliphatic heterocycles. The molecule has 0 saturated heterocycles. The summed E-state index contributed by atoms with van der Waals surface area (Å²) in [6, 6.07) is 6.07. The molecule has 0 aromatic heterocycles. The molecule has 2 aromatic carbocycles. The van der Waals surface area contributed by atoms with E-state index in [1.54, 1.807) is 19.1 Å². The molecule has 168 valence electrons. The number of hydrazone groups is 1. The Morgan fingerprint density at radius 1 is 1.25 bits per heavy atom. The molecule has 32 heavy (non-hydrogen) atoms. The fourth-order valence-corrected chi connectivity index (χ4v) is 4.18. The second kappa shape index (κ2) is 9.03. The van der Waals surface area contributed by atoms with E-state index in [1.807, 2.05) is 0 Å². The summed E-state index contributed by atoms with van der Waals surface area (Å²) in [5.41, 5.74) is 3.27. The summed E-state index contributed by atoms with van der Waals surface area (Å²) in [6.45, 7) is 1.81. The third kappa shape index (κ3) is 3.72. The van der Waals surface area contributed by atoms with Crippen LogP contribution in [0.1, 0.15) is 24.2 Å². The van der Waals surface area contributed by atoms with Crippen LogP contribution in [0.5, 0.6) is 23.0 Å². The molecule has 1 N–H and O–H groups in total. The number of nitrogens with one attached hydrogen (secondary N) is 1. The monoisotopic (exact) mass is 507 g/mol. The lowest BCUT2D eigenvalue weighted by Crippen LogP contribution is -2.31. The Morgan fingerprint density at radius 3 is 2.69 bits per heavy atom. The van der Waals surface area contributed by atoms with Gasteiger partial charge in [0, 0.05) is 5.56 Å². The largest absolute Gasteiger partial charge is 0.492 e. The van der Waals surface area contributed by atoms with Crippen LogP contribution in [0.4, 0.5) is 4.39 Å². The number of carbonyl (C=O) groups is 1. The molecule has 2 aromatic rings. The van der Waals surface area contributed by atoms with Gasteiger partial charge in [0.2, 0.25) is 18.3 Å². The van der Waals surface area contributed by atoms with Gasteiger partial charge in [-0.25, -0.2) is 9.82 Å². The SMILES string of the molecule is COc1c2c(c(Br)c(C3ON=C(C(=O)NN=Cc4ccccc4F)C3C)c1OC)OCO2. The third-order valence-electron chi connectivity index (χ3n) is 5.06. The molecular formula is C21H19BrFN3O6. The van der Waals surface area contributed by atoms with E-state index >= 15 is 0 Å². The molecule has 2 aliphatic rings. The molecule has 0 saturated carbocycles. The minimum atomic E-state index is -0.681. The molecular weight excluding hydrogens is 489 g/mol. The van der Waals surface area contributed by atoms with Gasteiger partial charge in [0.15, 0.2) is 23.3 Å². The van der Waals surface area contributed by atoms with Gasteiger partial charge >= 0.3 is 0 Å². The molecule has 4 rings (SSSR count). The lowest BCUT2D eigenvalue weighted by Gasteiger charge is -2.22. The number of halogens is 2. The molecule has 0 fully saturated rings. The Morgan fingerprint density at radius 2 is 1.97 bits per heavy atom. The van der Waals surface area contributed by atoms with Crippen molar-refractivity contribution in [3.05, 3.63) is 45.7 Å². The summed E-state index contributed by atoms with van der Waals surface area (Å²) in [5.74, 6) is 0.0719. The van der Waals surface area contributed by atoms with Crippen LogP contribution in [0.15, 0.2) is 39.0 Å². The molecule has 11 heteroatoms. The Balaban J connectivity index is 1.56. The van der Waals surface area contributed by atoms with E-state index in [-0.39, 0.29) is 18.1 Å². The van der Waals surface area contributed by atoms with Crippen LogP contribution in [0.25, 0.3) is 0 Å². The van der Waals surface area contributed by atoms with E-state index in [4.69, 9.17) is 23.8 Å². The Bertz CT molecular complexity index is 1120. The zero-order valence-electron chi connectivity index (χ0n) is 17.3. The topological polar surface area (TPSA) is 100.0 Å². The fraction of sp³-hybridized carbons (Fsp3) is 0.286.